The van der Waals surface area contributed by atoms with E-state index in [0.717, 1.165) is 0 Å². The van der Waals surface area contributed by atoms with Crippen molar-refractivity contribution in [1.29, 1.82) is 0 Å². The zero-order valence-corrected chi connectivity index (χ0v) is 13.8. The number of halogens is 1. The Hall–Kier alpha value is -2.66. The fraction of sp³-hybridized carbons (Fsp3) is 0.167. The van der Waals surface area contributed by atoms with Crippen molar-refractivity contribution >= 4 is 28.5 Å². The maximum atomic E-state index is 11.4. The molecule has 124 valence electrons. The highest BCUT2D eigenvalue weighted by molar-refractivity contribution is 6.35. The van der Waals surface area contributed by atoms with Gasteiger partial charge in [0, 0.05) is 11.6 Å². The van der Waals surface area contributed by atoms with Gasteiger partial charge in [-0.05, 0) is 18.2 Å². The summed E-state index contributed by atoms with van der Waals surface area (Å²) in [6.45, 7) is 0.819. The Bertz CT molecular complexity index is 888. The number of nitrogens with zero attached hydrogens (tertiary/aromatic N) is 1. The maximum Gasteiger partial charge on any atom is 0.337 e. The predicted molar refractivity (Wildman–Crippen MR) is 92.4 cm³/mol. The van der Waals surface area contributed by atoms with E-state index >= 15 is 0 Å². The van der Waals surface area contributed by atoms with Gasteiger partial charge in [0.2, 0.25) is 0 Å². The summed E-state index contributed by atoms with van der Waals surface area (Å²) < 4.78 is 12.8. The number of hydrogen-bond donors (Lipinski definition) is 1. The minimum atomic E-state index is -0.980. The Balaban J connectivity index is 1.84. The van der Waals surface area contributed by atoms with Gasteiger partial charge in [0.05, 0.1) is 29.8 Å². The van der Waals surface area contributed by atoms with Crippen LogP contribution in [0.4, 0.5) is 0 Å². The molecule has 0 fully saturated rings. The number of fused-ring (bicyclic) bond motifs is 1. The highest BCUT2D eigenvalue weighted by Crippen LogP contribution is 2.29. The zero-order chi connectivity index (χ0) is 17.1. The predicted octanol–water partition coefficient (Wildman–Crippen LogP) is 4.08. The van der Waals surface area contributed by atoms with E-state index in [0.29, 0.717) is 40.6 Å². The first-order valence-electron chi connectivity index (χ1n) is 7.38. The summed E-state index contributed by atoms with van der Waals surface area (Å²) in [6, 6.07) is 12.6. The second-order valence-corrected chi connectivity index (χ2v) is 5.58. The van der Waals surface area contributed by atoms with Gasteiger partial charge >= 0.3 is 5.97 Å². The Morgan fingerprint density at radius 2 is 1.92 bits per heavy atom. The largest absolute Gasteiger partial charge is 0.493 e. The molecule has 0 saturated carbocycles. The number of carboxylic acids is 1. The average Bonchev–Trinajstić information content (AvgIpc) is 2.96. The van der Waals surface area contributed by atoms with Gasteiger partial charge in [-0.2, -0.15) is 0 Å². The molecule has 0 unspecified atom stereocenters. The number of rotatable bonds is 6. The SMILES string of the molecule is COc1ccccc1OCCn1cc(C(=O)O)c2cccc(Cl)c21. The summed E-state index contributed by atoms with van der Waals surface area (Å²) in [5, 5.41) is 10.5. The molecule has 1 aromatic heterocycles. The van der Waals surface area contributed by atoms with Gasteiger partial charge in [-0.1, -0.05) is 35.9 Å². The maximum absolute atomic E-state index is 11.4. The first-order chi connectivity index (χ1) is 11.6. The Morgan fingerprint density at radius 1 is 1.17 bits per heavy atom. The van der Waals surface area contributed by atoms with Crippen molar-refractivity contribution in [1.82, 2.24) is 4.57 Å². The summed E-state index contributed by atoms with van der Waals surface area (Å²) in [5.41, 5.74) is 0.921. The van der Waals surface area contributed by atoms with E-state index in [1.165, 1.54) is 0 Å². The van der Waals surface area contributed by atoms with Gasteiger partial charge in [-0.25, -0.2) is 4.79 Å². The van der Waals surface area contributed by atoms with Crippen LogP contribution in [0.2, 0.25) is 5.02 Å². The van der Waals surface area contributed by atoms with Crippen LogP contribution in [-0.4, -0.2) is 29.4 Å². The van der Waals surface area contributed by atoms with Crippen molar-refractivity contribution in [2.75, 3.05) is 13.7 Å². The van der Waals surface area contributed by atoms with Crippen LogP contribution in [0.3, 0.4) is 0 Å². The lowest BCUT2D eigenvalue weighted by atomic mass is 10.2. The lowest BCUT2D eigenvalue weighted by Crippen LogP contribution is -2.08. The smallest absolute Gasteiger partial charge is 0.337 e. The van der Waals surface area contributed by atoms with E-state index in [1.807, 2.05) is 24.3 Å². The van der Waals surface area contributed by atoms with Crippen molar-refractivity contribution in [2.45, 2.75) is 6.54 Å². The number of aromatic carboxylic acids is 1. The molecule has 1 N–H and O–H groups in total. The molecule has 3 aromatic rings. The number of para-hydroxylation sites is 3. The average molecular weight is 346 g/mol. The highest BCUT2D eigenvalue weighted by atomic mass is 35.5. The van der Waals surface area contributed by atoms with E-state index in [9.17, 15) is 9.90 Å². The second kappa shape index (κ2) is 6.84. The Kier molecular flexibility index (Phi) is 4.62. The van der Waals surface area contributed by atoms with Gasteiger partial charge in [-0.3, -0.25) is 0 Å². The highest BCUT2D eigenvalue weighted by Gasteiger charge is 2.16. The first kappa shape index (κ1) is 16.2. The van der Waals surface area contributed by atoms with Crippen molar-refractivity contribution in [3.05, 3.63) is 59.2 Å². The van der Waals surface area contributed by atoms with Crippen LogP contribution in [0.25, 0.3) is 10.9 Å². The van der Waals surface area contributed by atoms with Gasteiger partial charge in [0.25, 0.3) is 0 Å². The van der Waals surface area contributed by atoms with E-state index in [1.54, 1.807) is 36.1 Å². The molecule has 0 aliphatic heterocycles. The van der Waals surface area contributed by atoms with Crippen LogP contribution in [0.5, 0.6) is 11.5 Å². The number of hydrogen-bond acceptors (Lipinski definition) is 3. The van der Waals surface area contributed by atoms with Crippen molar-refractivity contribution in [3.8, 4) is 11.5 Å². The van der Waals surface area contributed by atoms with E-state index < -0.39 is 5.97 Å². The minimum Gasteiger partial charge on any atom is -0.493 e. The molecule has 0 aliphatic carbocycles. The molecular weight excluding hydrogens is 330 g/mol. The molecule has 24 heavy (non-hydrogen) atoms. The van der Waals surface area contributed by atoms with E-state index in [-0.39, 0.29) is 5.56 Å². The third kappa shape index (κ3) is 3.03. The fourth-order valence-corrected chi connectivity index (χ4v) is 2.94. The Labute approximate surface area is 144 Å². The molecular formula is C18H16ClNO4. The molecule has 5 nitrogen and oxygen atoms in total. The molecule has 3 rings (SSSR count). The molecule has 0 amide bonds. The first-order valence-corrected chi connectivity index (χ1v) is 7.76. The van der Waals surface area contributed by atoms with Crippen molar-refractivity contribution in [2.24, 2.45) is 0 Å². The van der Waals surface area contributed by atoms with Gasteiger partial charge in [0.1, 0.15) is 6.61 Å². The van der Waals surface area contributed by atoms with Crippen LogP contribution in [0.15, 0.2) is 48.7 Å². The fourth-order valence-electron chi connectivity index (χ4n) is 2.65. The van der Waals surface area contributed by atoms with Gasteiger partial charge in [-0.15, -0.1) is 0 Å². The summed E-state index contributed by atoms with van der Waals surface area (Å²) in [5.74, 6) is 0.312. The summed E-state index contributed by atoms with van der Waals surface area (Å²) in [4.78, 5) is 11.4. The number of methoxy groups -OCH3 is 1. The monoisotopic (exact) mass is 345 g/mol. The van der Waals surface area contributed by atoms with Crippen LogP contribution in [0, 0.1) is 0 Å². The molecule has 1 heterocycles. The summed E-state index contributed by atoms with van der Waals surface area (Å²) >= 11 is 6.25. The second-order valence-electron chi connectivity index (χ2n) is 5.18. The van der Waals surface area contributed by atoms with Gasteiger partial charge < -0.3 is 19.1 Å². The lowest BCUT2D eigenvalue weighted by molar-refractivity contribution is 0.0698. The van der Waals surface area contributed by atoms with E-state index in [2.05, 4.69) is 0 Å². The van der Waals surface area contributed by atoms with Crippen LogP contribution < -0.4 is 9.47 Å². The van der Waals surface area contributed by atoms with Crippen LogP contribution in [0.1, 0.15) is 10.4 Å². The zero-order valence-electron chi connectivity index (χ0n) is 13.0. The third-order valence-electron chi connectivity index (χ3n) is 3.74. The number of benzene rings is 2. The quantitative estimate of drug-likeness (QED) is 0.731. The molecule has 6 heteroatoms. The molecule has 0 spiro atoms. The summed E-state index contributed by atoms with van der Waals surface area (Å²) in [6.07, 6.45) is 1.59. The molecule has 0 saturated heterocycles. The van der Waals surface area contributed by atoms with Crippen molar-refractivity contribution < 1.29 is 19.4 Å². The molecule has 0 atom stereocenters. The van der Waals surface area contributed by atoms with Crippen molar-refractivity contribution in [3.63, 3.8) is 0 Å². The molecule has 2 aromatic carbocycles. The molecule has 0 radical (unpaired) electrons. The minimum absolute atomic E-state index is 0.227. The number of carbonyl (C=O) groups is 1. The number of carboxylic acid groups (broad SMARTS) is 1. The van der Waals surface area contributed by atoms with E-state index in [4.69, 9.17) is 21.1 Å². The molecule has 0 bridgehead atoms. The van der Waals surface area contributed by atoms with Crippen LogP contribution in [-0.2, 0) is 6.54 Å². The normalized spacial score (nSPS) is 10.8. The Morgan fingerprint density at radius 3 is 2.62 bits per heavy atom. The number of ether oxygens (including phenoxy) is 2. The molecule has 0 aliphatic rings. The topological polar surface area (TPSA) is 60.7 Å². The lowest BCUT2D eigenvalue weighted by Gasteiger charge is -2.11. The third-order valence-corrected chi connectivity index (χ3v) is 4.04. The summed E-state index contributed by atoms with van der Waals surface area (Å²) in [7, 11) is 1.58. The number of aromatic nitrogens is 1. The van der Waals surface area contributed by atoms with Gasteiger partial charge in [0.15, 0.2) is 11.5 Å². The standard InChI is InChI=1S/C18H16ClNO4/c1-23-15-7-2-3-8-16(15)24-10-9-20-11-13(18(21)22)12-5-4-6-14(19)17(12)20/h2-8,11H,9-10H2,1H3,(H,21,22). The van der Waals surface area contributed by atoms with Crippen LogP contribution >= 0.6 is 11.6 Å².